The van der Waals surface area contributed by atoms with Crippen LogP contribution in [0.25, 0.3) is 11.3 Å². The fraction of sp³-hybridized carbons (Fsp3) is 0.567. The highest BCUT2D eigenvalue weighted by molar-refractivity contribution is 5.88. The van der Waals surface area contributed by atoms with Crippen molar-refractivity contribution in [2.24, 2.45) is 5.41 Å². The van der Waals surface area contributed by atoms with Crippen LogP contribution in [0.3, 0.4) is 0 Å². The summed E-state index contributed by atoms with van der Waals surface area (Å²) in [6.45, 7) is 19.2. The van der Waals surface area contributed by atoms with Gasteiger partial charge in [-0.1, -0.05) is 41.2 Å². The molecule has 1 saturated heterocycles. The first-order valence-electron chi connectivity index (χ1n) is 13.9. The highest BCUT2D eigenvalue weighted by Gasteiger charge is 2.29. The zero-order valence-electron chi connectivity index (χ0n) is 24.5. The van der Waals surface area contributed by atoms with E-state index in [4.69, 9.17) is 0 Å². The number of halogens is 2. The van der Waals surface area contributed by atoms with Crippen molar-refractivity contribution < 1.29 is 21.2 Å². The highest BCUT2D eigenvalue weighted by atomic mass is 19.1. The van der Waals surface area contributed by atoms with Crippen molar-refractivity contribution in [3.8, 4) is 11.3 Å². The Morgan fingerprint density at radius 1 is 1.26 bits per heavy atom. The predicted molar refractivity (Wildman–Crippen MR) is 156 cm³/mol. The molecule has 0 aliphatic carbocycles. The number of aromatic nitrogens is 2. The number of carbonyl (C=O) groups is 2. The smallest absolute Gasteiger partial charge is 0.243 e. The number of H-pyrrole nitrogens is 1. The van der Waals surface area contributed by atoms with E-state index in [1.165, 1.54) is 18.3 Å². The lowest BCUT2D eigenvalue weighted by molar-refractivity contribution is -0.129. The average molecular weight is 550 g/mol. The van der Waals surface area contributed by atoms with Gasteiger partial charge in [0.2, 0.25) is 11.8 Å². The third-order valence-corrected chi connectivity index (χ3v) is 6.74. The van der Waals surface area contributed by atoms with Crippen LogP contribution in [0, 0.1) is 17.0 Å². The molecule has 7 nitrogen and oxygen atoms in total. The van der Waals surface area contributed by atoms with Crippen molar-refractivity contribution in [1.82, 2.24) is 25.5 Å². The Morgan fingerprint density at radius 3 is 2.54 bits per heavy atom. The summed E-state index contributed by atoms with van der Waals surface area (Å²) >= 11 is 0. The number of nitrogens with one attached hydrogen (secondary N) is 3. The van der Waals surface area contributed by atoms with Gasteiger partial charge in [-0.2, -0.15) is 0 Å². The molecule has 1 aliphatic heterocycles. The minimum absolute atomic E-state index is 0. The van der Waals surface area contributed by atoms with Gasteiger partial charge in [0, 0.05) is 45.6 Å². The molecule has 2 amide bonds. The molecule has 0 bridgehead atoms. The van der Waals surface area contributed by atoms with Gasteiger partial charge in [0.15, 0.2) is 0 Å². The van der Waals surface area contributed by atoms with Gasteiger partial charge in [-0.3, -0.25) is 9.59 Å². The van der Waals surface area contributed by atoms with Gasteiger partial charge in [0.1, 0.15) is 23.5 Å². The lowest BCUT2D eigenvalue weighted by Gasteiger charge is -2.29. The summed E-state index contributed by atoms with van der Waals surface area (Å²) in [5.74, 6) is -1.49. The van der Waals surface area contributed by atoms with E-state index in [9.17, 15) is 18.4 Å². The van der Waals surface area contributed by atoms with Crippen LogP contribution in [0.1, 0.15) is 95.3 Å². The molecular weight excluding hydrogens is 500 g/mol. The molecule has 9 heteroatoms. The second-order valence-corrected chi connectivity index (χ2v) is 11.2. The van der Waals surface area contributed by atoms with Crippen molar-refractivity contribution in [3.63, 3.8) is 0 Å². The molecule has 3 rings (SSSR count). The van der Waals surface area contributed by atoms with Crippen LogP contribution in [0.5, 0.6) is 0 Å². The molecule has 2 heterocycles. The quantitative estimate of drug-likeness (QED) is 0.306. The number of imidazole rings is 1. The molecule has 1 fully saturated rings. The SMILES string of the molecule is C=C(C[C@H](NC(=O)CCC(C)(C)C)C(=O)N[C@@H](C)c1ncc(-c2ccc(F)cc2F)[nH]1)N1CCC[C@@H]1C.CC.[HH].[HH]. The lowest BCUT2D eigenvalue weighted by Crippen LogP contribution is -2.48. The summed E-state index contributed by atoms with van der Waals surface area (Å²) in [6.07, 6.45) is 4.90. The monoisotopic (exact) mass is 549 g/mol. The number of carbonyl (C=O) groups excluding carboxylic acids is 2. The highest BCUT2D eigenvalue weighted by Crippen LogP contribution is 2.25. The summed E-state index contributed by atoms with van der Waals surface area (Å²) in [6, 6.07) is 2.32. The molecule has 1 aromatic heterocycles. The minimum Gasteiger partial charge on any atom is -0.373 e. The molecule has 0 spiro atoms. The van der Waals surface area contributed by atoms with Gasteiger partial charge < -0.3 is 20.5 Å². The summed E-state index contributed by atoms with van der Waals surface area (Å²) in [4.78, 5) is 35.5. The summed E-state index contributed by atoms with van der Waals surface area (Å²) < 4.78 is 27.5. The second kappa shape index (κ2) is 14.2. The second-order valence-electron chi connectivity index (χ2n) is 11.2. The number of amides is 2. The summed E-state index contributed by atoms with van der Waals surface area (Å²) in [7, 11) is 0. The third-order valence-electron chi connectivity index (χ3n) is 6.74. The fourth-order valence-corrected chi connectivity index (χ4v) is 4.50. The molecule has 1 aliphatic rings. The first-order chi connectivity index (χ1) is 18.3. The van der Waals surface area contributed by atoms with E-state index >= 15 is 0 Å². The first-order valence-corrected chi connectivity index (χ1v) is 13.9. The molecule has 1 aromatic carbocycles. The Morgan fingerprint density at radius 2 is 1.95 bits per heavy atom. The van der Waals surface area contributed by atoms with E-state index in [-0.39, 0.29) is 25.6 Å². The molecule has 0 unspecified atom stereocenters. The van der Waals surface area contributed by atoms with Crippen molar-refractivity contribution >= 4 is 11.8 Å². The number of benzene rings is 1. The Balaban J connectivity index is 0.00000391. The van der Waals surface area contributed by atoms with Gasteiger partial charge in [-0.15, -0.1) is 0 Å². The Bertz CT molecular complexity index is 1140. The zero-order valence-corrected chi connectivity index (χ0v) is 24.5. The maximum absolute atomic E-state index is 14.2. The van der Waals surface area contributed by atoms with Crippen molar-refractivity contribution in [1.29, 1.82) is 0 Å². The van der Waals surface area contributed by atoms with Crippen molar-refractivity contribution in [2.75, 3.05) is 6.54 Å². The largest absolute Gasteiger partial charge is 0.373 e. The van der Waals surface area contributed by atoms with Crippen LogP contribution >= 0.6 is 0 Å². The van der Waals surface area contributed by atoms with Gasteiger partial charge in [-0.05, 0) is 50.7 Å². The van der Waals surface area contributed by atoms with Crippen LogP contribution in [0.15, 0.2) is 36.7 Å². The summed E-state index contributed by atoms with van der Waals surface area (Å²) in [5, 5.41) is 5.81. The minimum atomic E-state index is -0.792. The summed E-state index contributed by atoms with van der Waals surface area (Å²) in [5.41, 5.74) is 1.37. The molecule has 0 radical (unpaired) electrons. The van der Waals surface area contributed by atoms with Crippen LogP contribution in [-0.2, 0) is 9.59 Å². The van der Waals surface area contributed by atoms with Gasteiger partial charge in [0.25, 0.3) is 0 Å². The van der Waals surface area contributed by atoms with Crippen LogP contribution in [0.2, 0.25) is 0 Å². The fourth-order valence-electron chi connectivity index (χ4n) is 4.50. The van der Waals surface area contributed by atoms with E-state index in [0.29, 0.717) is 36.8 Å². The molecule has 3 N–H and O–H groups in total. The number of hydrogen-bond donors (Lipinski definition) is 3. The number of hydrogen-bond acceptors (Lipinski definition) is 4. The first kappa shape index (κ1) is 32.0. The predicted octanol–water partition coefficient (Wildman–Crippen LogP) is 6.75. The lowest BCUT2D eigenvalue weighted by atomic mass is 9.90. The zero-order chi connectivity index (χ0) is 29.3. The number of rotatable bonds is 10. The van der Waals surface area contributed by atoms with E-state index in [1.54, 1.807) is 6.92 Å². The van der Waals surface area contributed by atoms with Gasteiger partial charge >= 0.3 is 0 Å². The molecule has 0 saturated carbocycles. The maximum Gasteiger partial charge on any atom is 0.243 e. The number of likely N-dealkylation sites (tertiary alicyclic amines) is 1. The van der Waals surface area contributed by atoms with Crippen LogP contribution in [-0.4, -0.2) is 45.3 Å². The van der Waals surface area contributed by atoms with E-state index in [0.717, 1.165) is 31.1 Å². The molecule has 220 valence electrons. The van der Waals surface area contributed by atoms with E-state index in [1.807, 2.05) is 13.8 Å². The normalized spacial score (nSPS) is 16.6. The molecular formula is C30H49F2N5O2. The standard InChI is InChI=1S/C28H39F2N5O2.C2H6.2H2/c1-17-8-7-13-35(17)18(2)14-23(33-25(36)11-12-28(4,5)6)27(37)32-19(3)26-31-16-24(34-26)21-10-9-20(29)15-22(21)30;1-2;;/h9-10,15-17,19,23H,2,7-8,11-14H2,1,3-6H3,(H,31,34)(H,32,37)(H,33,36);1-2H3;2*1H/t17-,19-,23-;;;/m0.../s1. The Hall–Kier alpha value is -3.23. The molecule has 3 atom stereocenters. The molecule has 39 heavy (non-hydrogen) atoms. The van der Waals surface area contributed by atoms with Gasteiger partial charge in [-0.25, -0.2) is 13.8 Å². The Kier molecular flexibility index (Phi) is 11.7. The Labute approximate surface area is 234 Å². The topological polar surface area (TPSA) is 90.1 Å². The number of nitrogens with zero attached hydrogens (tertiary/aromatic N) is 2. The van der Waals surface area contributed by atoms with E-state index in [2.05, 4.69) is 59.8 Å². The van der Waals surface area contributed by atoms with Gasteiger partial charge in [0.05, 0.1) is 17.9 Å². The van der Waals surface area contributed by atoms with Crippen LogP contribution in [0.4, 0.5) is 8.78 Å². The van der Waals surface area contributed by atoms with Crippen molar-refractivity contribution in [3.05, 3.63) is 54.1 Å². The van der Waals surface area contributed by atoms with Crippen molar-refractivity contribution in [2.45, 2.75) is 98.7 Å². The van der Waals surface area contributed by atoms with E-state index < -0.39 is 23.7 Å². The molecule has 2 aromatic rings. The number of aromatic amines is 1. The average Bonchev–Trinajstić information content (AvgIpc) is 3.52. The maximum atomic E-state index is 14.2. The third kappa shape index (κ3) is 9.48. The van der Waals surface area contributed by atoms with Crippen LogP contribution < -0.4 is 10.6 Å².